The molecule has 1 aliphatic carbocycles. The van der Waals surface area contributed by atoms with Crippen molar-refractivity contribution in [2.45, 2.75) is 56.9 Å². The minimum absolute atomic E-state index is 0.201. The fourth-order valence-corrected chi connectivity index (χ4v) is 3.41. The number of aromatic nitrogens is 3. The van der Waals surface area contributed by atoms with Gasteiger partial charge in [0.25, 0.3) is 0 Å². The van der Waals surface area contributed by atoms with Crippen LogP contribution in [0.3, 0.4) is 0 Å². The van der Waals surface area contributed by atoms with Gasteiger partial charge in [0, 0.05) is 25.2 Å². The van der Waals surface area contributed by atoms with E-state index in [1.165, 1.54) is 11.0 Å². The maximum atomic E-state index is 12.8. The molecule has 3 rings (SSSR count). The maximum absolute atomic E-state index is 12.8. The molecule has 0 saturated heterocycles. The molecule has 5 nitrogen and oxygen atoms in total. The van der Waals surface area contributed by atoms with Gasteiger partial charge in [-0.05, 0) is 12.8 Å². The Labute approximate surface area is 121 Å². The Morgan fingerprint density at radius 2 is 1.81 bits per heavy atom. The molecule has 0 bridgehead atoms. The highest BCUT2D eigenvalue weighted by Gasteiger charge is 2.40. The van der Waals surface area contributed by atoms with E-state index in [4.69, 9.17) is 5.73 Å². The first-order valence-electron chi connectivity index (χ1n) is 7.38. The van der Waals surface area contributed by atoms with Crippen LogP contribution in [0.4, 0.5) is 13.2 Å². The van der Waals surface area contributed by atoms with E-state index in [1.54, 1.807) is 0 Å². The number of nitrogens with zero attached hydrogens (tertiary/aromatic N) is 4. The van der Waals surface area contributed by atoms with Gasteiger partial charge in [-0.2, -0.15) is 13.2 Å². The molecular weight excluding hydrogens is 283 g/mol. The predicted molar refractivity (Wildman–Crippen MR) is 70.3 cm³/mol. The second-order valence-electron chi connectivity index (χ2n) is 6.22. The first-order valence-corrected chi connectivity index (χ1v) is 7.38. The van der Waals surface area contributed by atoms with Crippen molar-refractivity contribution in [3.63, 3.8) is 0 Å². The Morgan fingerprint density at radius 3 is 2.48 bits per heavy atom. The summed E-state index contributed by atoms with van der Waals surface area (Å²) in [7, 11) is 0. The van der Waals surface area contributed by atoms with Crippen LogP contribution in [-0.4, -0.2) is 38.3 Å². The van der Waals surface area contributed by atoms with Gasteiger partial charge in [-0.3, -0.25) is 4.90 Å². The van der Waals surface area contributed by atoms with Crippen LogP contribution in [0.1, 0.15) is 43.8 Å². The van der Waals surface area contributed by atoms with Crippen LogP contribution in [0.5, 0.6) is 0 Å². The molecule has 21 heavy (non-hydrogen) atoms. The summed E-state index contributed by atoms with van der Waals surface area (Å²) in [5.74, 6) is -0.509. The number of hydrogen-bond donors (Lipinski definition) is 1. The van der Waals surface area contributed by atoms with Gasteiger partial charge in [0.05, 0.1) is 6.54 Å². The van der Waals surface area contributed by atoms with E-state index < -0.39 is 12.0 Å². The average Bonchev–Trinajstić information content (AvgIpc) is 2.82. The largest absolute Gasteiger partial charge is 0.451 e. The highest BCUT2D eigenvalue weighted by Crippen LogP contribution is 2.31. The molecule has 8 heteroatoms. The van der Waals surface area contributed by atoms with E-state index in [2.05, 4.69) is 15.1 Å². The molecule has 2 N–H and O–H groups in total. The number of hydrogen-bond acceptors (Lipinski definition) is 4. The van der Waals surface area contributed by atoms with Crippen LogP contribution in [0.15, 0.2) is 0 Å². The van der Waals surface area contributed by atoms with Gasteiger partial charge in [0.15, 0.2) is 0 Å². The lowest BCUT2D eigenvalue weighted by Crippen LogP contribution is -2.52. The summed E-state index contributed by atoms with van der Waals surface area (Å²) in [5, 5.41) is 7.00. The molecule has 1 saturated carbocycles. The van der Waals surface area contributed by atoms with Gasteiger partial charge < -0.3 is 10.3 Å². The summed E-state index contributed by atoms with van der Waals surface area (Å²) < 4.78 is 39.5. The van der Waals surface area contributed by atoms with Crippen molar-refractivity contribution in [1.29, 1.82) is 0 Å². The van der Waals surface area contributed by atoms with Crippen LogP contribution in [-0.2, 0) is 19.3 Å². The van der Waals surface area contributed by atoms with Crippen molar-refractivity contribution < 1.29 is 13.2 Å². The quantitative estimate of drug-likeness (QED) is 0.904. The molecule has 2 heterocycles. The highest BCUT2D eigenvalue weighted by molar-refractivity contribution is 5.03. The monoisotopic (exact) mass is 303 g/mol. The lowest BCUT2D eigenvalue weighted by Gasteiger charge is -2.39. The van der Waals surface area contributed by atoms with Crippen molar-refractivity contribution in [1.82, 2.24) is 19.7 Å². The van der Waals surface area contributed by atoms with Crippen molar-refractivity contribution in [3.8, 4) is 0 Å². The number of fused-ring (bicyclic) bond motifs is 1. The molecular formula is C13H20F3N5. The van der Waals surface area contributed by atoms with E-state index in [0.29, 0.717) is 18.9 Å². The minimum Gasteiger partial charge on any atom is -0.324 e. The molecule has 1 aliphatic heterocycles. The first-order chi connectivity index (χ1) is 9.87. The lowest BCUT2D eigenvalue weighted by atomic mass is 9.82. The Morgan fingerprint density at radius 1 is 1.10 bits per heavy atom. The van der Waals surface area contributed by atoms with Gasteiger partial charge in [-0.1, -0.05) is 19.3 Å². The van der Waals surface area contributed by atoms with Crippen molar-refractivity contribution >= 4 is 0 Å². The highest BCUT2D eigenvalue weighted by atomic mass is 19.4. The molecule has 1 aromatic heterocycles. The van der Waals surface area contributed by atoms with E-state index in [9.17, 15) is 13.2 Å². The molecule has 118 valence electrons. The summed E-state index contributed by atoms with van der Waals surface area (Å²) in [4.78, 5) is 2.11. The van der Waals surface area contributed by atoms with Crippen LogP contribution in [0, 0.1) is 0 Å². The van der Waals surface area contributed by atoms with Crippen LogP contribution >= 0.6 is 0 Å². The predicted octanol–water partition coefficient (Wildman–Crippen LogP) is 1.77. The molecule has 0 aromatic carbocycles. The number of alkyl halides is 3. The molecule has 0 atom stereocenters. The summed E-state index contributed by atoms with van der Waals surface area (Å²) in [6.07, 6.45) is 1.04. The SMILES string of the molecule is NC1(CN2CCn3c(nnc3C(F)(F)F)C2)CCCCC1. The van der Waals surface area contributed by atoms with Crippen molar-refractivity contribution in [2.24, 2.45) is 5.73 Å². The molecule has 2 aliphatic rings. The lowest BCUT2D eigenvalue weighted by molar-refractivity contribution is -0.148. The third-order valence-electron chi connectivity index (χ3n) is 4.47. The van der Waals surface area contributed by atoms with Gasteiger partial charge in [-0.15, -0.1) is 10.2 Å². The fourth-order valence-electron chi connectivity index (χ4n) is 3.41. The normalized spacial score (nSPS) is 23.0. The molecule has 0 radical (unpaired) electrons. The molecule has 1 fully saturated rings. The summed E-state index contributed by atoms with van der Waals surface area (Å²) in [5.41, 5.74) is 6.22. The topological polar surface area (TPSA) is 60.0 Å². The third kappa shape index (κ3) is 3.06. The Balaban J connectivity index is 1.69. The Kier molecular flexibility index (Phi) is 3.69. The molecule has 0 spiro atoms. The third-order valence-corrected chi connectivity index (χ3v) is 4.47. The second kappa shape index (κ2) is 5.24. The van der Waals surface area contributed by atoms with Crippen molar-refractivity contribution in [3.05, 3.63) is 11.6 Å². The smallest absolute Gasteiger partial charge is 0.324 e. The van der Waals surface area contributed by atoms with E-state index in [-0.39, 0.29) is 12.1 Å². The Hall–Kier alpha value is -1.15. The zero-order valence-corrected chi connectivity index (χ0v) is 11.9. The van der Waals surface area contributed by atoms with Gasteiger partial charge in [0.1, 0.15) is 5.82 Å². The number of rotatable bonds is 2. The number of halogens is 3. The average molecular weight is 303 g/mol. The molecule has 1 aromatic rings. The zero-order valence-electron chi connectivity index (χ0n) is 11.9. The minimum atomic E-state index is -4.44. The number of nitrogens with two attached hydrogens (primary N) is 1. The van der Waals surface area contributed by atoms with Crippen LogP contribution < -0.4 is 5.73 Å². The second-order valence-corrected chi connectivity index (χ2v) is 6.22. The Bertz CT molecular complexity index is 504. The van der Waals surface area contributed by atoms with Gasteiger partial charge in [-0.25, -0.2) is 0 Å². The summed E-state index contributed by atoms with van der Waals surface area (Å²) >= 11 is 0. The van der Waals surface area contributed by atoms with Gasteiger partial charge >= 0.3 is 6.18 Å². The summed E-state index contributed by atoms with van der Waals surface area (Å²) in [6.45, 7) is 1.95. The fraction of sp³-hybridized carbons (Fsp3) is 0.846. The van der Waals surface area contributed by atoms with E-state index in [0.717, 1.165) is 32.2 Å². The maximum Gasteiger partial charge on any atom is 0.451 e. The first kappa shape index (κ1) is 14.8. The van der Waals surface area contributed by atoms with E-state index >= 15 is 0 Å². The van der Waals surface area contributed by atoms with E-state index in [1.807, 2.05) is 0 Å². The van der Waals surface area contributed by atoms with Crippen LogP contribution in [0.2, 0.25) is 0 Å². The molecule has 0 amide bonds. The molecule has 0 unspecified atom stereocenters. The standard InChI is InChI=1S/C13H20F3N5/c14-13(15,16)11-19-18-10-8-20(6-7-21(10)11)9-12(17)4-2-1-3-5-12/h1-9,17H2. The van der Waals surface area contributed by atoms with Crippen molar-refractivity contribution in [2.75, 3.05) is 13.1 Å². The van der Waals surface area contributed by atoms with Gasteiger partial charge in [0.2, 0.25) is 5.82 Å². The van der Waals surface area contributed by atoms with Crippen LogP contribution in [0.25, 0.3) is 0 Å². The summed E-state index contributed by atoms with van der Waals surface area (Å²) in [6, 6.07) is 0. The zero-order chi connectivity index (χ0) is 15.1.